The van der Waals surface area contributed by atoms with Crippen LogP contribution in [0.3, 0.4) is 0 Å². The molecule has 0 heterocycles. The average Bonchev–Trinajstić information content (AvgIpc) is 2.50. The van der Waals surface area contributed by atoms with E-state index in [0.29, 0.717) is 6.61 Å². The van der Waals surface area contributed by atoms with E-state index in [1.54, 1.807) is 0 Å². The summed E-state index contributed by atoms with van der Waals surface area (Å²) in [5.74, 6) is -0.310. The Morgan fingerprint density at radius 2 is 1.38 bits per heavy atom. The largest absolute Gasteiger partial charge is 0.463 e. The monoisotopic (exact) mass is 294 g/mol. The molecule has 0 fully saturated rings. The van der Waals surface area contributed by atoms with Gasteiger partial charge in [-0.2, -0.15) is 0 Å². The number of ether oxygens (including phenoxy) is 1. The van der Waals surface area contributed by atoms with Crippen molar-refractivity contribution in [2.24, 2.45) is 0 Å². The first-order valence-electron chi connectivity index (χ1n) is 8.75. The van der Waals surface area contributed by atoms with Gasteiger partial charge in [0, 0.05) is 6.08 Å². The Labute approximate surface area is 131 Å². The SMILES string of the molecule is C=CC(=O)OCCCCCCC/C=C/CCCCCCC. The Balaban J connectivity index is 3.11. The third-order valence-electron chi connectivity index (χ3n) is 3.57. The summed E-state index contributed by atoms with van der Waals surface area (Å²) in [5.41, 5.74) is 0. The lowest BCUT2D eigenvalue weighted by Crippen LogP contribution is -2.01. The summed E-state index contributed by atoms with van der Waals surface area (Å²) in [6, 6.07) is 0. The van der Waals surface area contributed by atoms with Crippen LogP contribution in [0.2, 0.25) is 0 Å². The van der Waals surface area contributed by atoms with Gasteiger partial charge in [-0.1, -0.05) is 70.6 Å². The number of esters is 1. The van der Waals surface area contributed by atoms with Crippen molar-refractivity contribution >= 4 is 5.97 Å². The Morgan fingerprint density at radius 1 is 0.857 bits per heavy atom. The normalized spacial score (nSPS) is 10.9. The van der Waals surface area contributed by atoms with Gasteiger partial charge in [-0.15, -0.1) is 0 Å². The van der Waals surface area contributed by atoms with E-state index in [4.69, 9.17) is 4.74 Å². The molecule has 2 heteroatoms. The van der Waals surface area contributed by atoms with Crippen LogP contribution in [0.1, 0.15) is 84.0 Å². The number of unbranched alkanes of at least 4 members (excludes halogenated alkanes) is 10. The molecule has 2 nitrogen and oxygen atoms in total. The van der Waals surface area contributed by atoms with Crippen LogP contribution in [0.25, 0.3) is 0 Å². The summed E-state index contributed by atoms with van der Waals surface area (Å²) in [6.45, 7) is 6.16. The first-order valence-corrected chi connectivity index (χ1v) is 8.75. The van der Waals surface area contributed by atoms with Gasteiger partial charge in [0.25, 0.3) is 0 Å². The molecule has 0 N–H and O–H groups in total. The van der Waals surface area contributed by atoms with Gasteiger partial charge in [0.15, 0.2) is 0 Å². The highest BCUT2D eigenvalue weighted by atomic mass is 16.5. The number of hydrogen-bond donors (Lipinski definition) is 0. The number of carbonyl (C=O) groups is 1. The van der Waals surface area contributed by atoms with Crippen LogP contribution >= 0.6 is 0 Å². The Bertz CT molecular complexity index is 269. The molecule has 0 atom stereocenters. The summed E-state index contributed by atoms with van der Waals surface area (Å²) in [5, 5.41) is 0. The second-order valence-corrected chi connectivity index (χ2v) is 5.60. The predicted octanol–water partition coefficient (Wildman–Crippen LogP) is 5.97. The van der Waals surface area contributed by atoms with Crippen molar-refractivity contribution in [1.29, 1.82) is 0 Å². The van der Waals surface area contributed by atoms with E-state index < -0.39 is 0 Å². The Hall–Kier alpha value is -1.05. The Kier molecular flexibility index (Phi) is 16.2. The molecular weight excluding hydrogens is 260 g/mol. The fourth-order valence-electron chi connectivity index (χ4n) is 2.23. The lowest BCUT2D eigenvalue weighted by molar-refractivity contribution is -0.137. The molecule has 21 heavy (non-hydrogen) atoms. The molecule has 0 radical (unpaired) electrons. The minimum absolute atomic E-state index is 0.310. The number of hydrogen-bond acceptors (Lipinski definition) is 2. The van der Waals surface area contributed by atoms with Crippen LogP contribution in [0.5, 0.6) is 0 Å². The lowest BCUT2D eigenvalue weighted by Gasteiger charge is -2.01. The smallest absolute Gasteiger partial charge is 0.330 e. The standard InChI is InChI=1S/C19H34O2/c1-3-5-6-7-8-9-10-11-12-13-14-15-16-17-18-21-19(20)4-2/h4,10-11H,2-3,5-9,12-18H2,1H3/b11-10+. The van der Waals surface area contributed by atoms with E-state index in [1.807, 2.05) is 0 Å². The molecule has 122 valence electrons. The maximum Gasteiger partial charge on any atom is 0.330 e. The Morgan fingerprint density at radius 3 is 1.95 bits per heavy atom. The fraction of sp³-hybridized carbons (Fsp3) is 0.737. The predicted molar refractivity (Wildman–Crippen MR) is 91.4 cm³/mol. The van der Waals surface area contributed by atoms with Crippen LogP contribution in [0.15, 0.2) is 24.8 Å². The van der Waals surface area contributed by atoms with Crippen molar-refractivity contribution in [3.05, 3.63) is 24.8 Å². The van der Waals surface area contributed by atoms with Crippen LogP contribution in [0, 0.1) is 0 Å². The van der Waals surface area contributed by atoms with E-state index in [2.05, 4.69) is 25.7 Å². The maximum absolute atomic E-state index is 10.8. The van der Waals surface area contributed by atoms with Crippen molar-refractivity contribution < 1.29 is 9.53 Å². The summed E-state index contributed by atoms with van der Waals surface area (Å²) < 4.78 is 4.93. The molecule has 0 aromatic heterocycles. The highest BCUT2D eigenvalue weighted by Gasteiger charge is 1.95. The molecule has 0 aliphatic heterocycles. The van der Waals surface area contributed by atoms with Gasteiger partial charge in [-0.3, -0.25) is 0 Å². The zero-order valence-corrected chi connectivity index (χ0v) is 13.9. The van der Waals surface area contributed by atoms with Crippen LogP contribution in [0.4, 0.5) is 0 Å². The lowest BCUT2D eigenvalue weighted by atomic mass is 10.1. The number of carbonyl (C=O) groups excluding carboxylic acids is 1. The molecular formula is C19H34O2. The zero-order valence-electron chi connectivity index (χ0n) is 13.9. The second kappa shape index (κ2) is 17.0. The highest BCUT2D eigenvalue weighted by molar-refractivity contribution is 5.81. The molecule has 0 unspecified atom stereocenters. The van der Waals surface area contributed by atoms with E-state index in [9.17, 15) is 4.79 Å². The molecule has 0 rings (SSSR count). The van der Waals surface area contributed by atoms with Crippen molar-refractivity contribution in [2.45, 2.75) is 84.0 Å². The van der Waals surface area contributed by atoms with Gasteiger partial charge in [-0.05, 0) is 32.1 Å². The maximum atomic E-state index is 10.8. The molecule has 0 saturated heterocycles. The van der Waals surface area contributed by atoms with E-state index in [1.165, 1.54) is 70.3 Å². The van der Waals surface area contributed by atoms with E-state index >= 15 is 0 Å². The van der Waals surface area contributed by atoms with Gasteiger partial charge in [-0.25, -0.2) is 4.79 Å². The highest BCUT2D eigenvalue weighted by Crippen LogP contribution is 2.08. The topological polar surface area (TPSA) is 26.3 Å². The molecule has 0 spiro atoms. The molecule has 0 bridgehead atoms. The van der Waals surface area contributed by atoms with Crippen molar-refractivity contribution in [3.63, 3.8) is 0 Å². The minimum Gasteiger partial charge on any atom is -0.463 e. The van der Waals surface area contributed by atoms with Crippen molar-refractivity contribution in [1.82, 2.24) is 0 Å². The van der Waals surface area contributed by atoms with E-state index in [0.717, 1.165) is 12.8 Å². The van der Waals surface area contributed by atoms with Crippen molar-refractivity contribution in [3.8, 4) is 0 Å². The van der Waals surface area contributed by atoms with Crippen LogP contribution in [-0.4, -0.2) is 12.6 Å². The van der Waals surface area contributed by atoms with Gasteiger partial charge < -0.3 is 4.74 Å². The van der Waals surface area contributed by atoms with E-state index in [-0.39, 0.29) is 5.97 Å². The summed E-state index contributed by atoms with van der Waals surface area (Å²) >= 11 is 0. The first kappa shape index (κ1) is 19.9. The molecule has 0 aromatic rings. The molecule has 0 saturated carbocycles. The number of allylic oxidation sites excluding steroid dienone is 2. The molecule has 0 aromatic carbocycles. The van der Waals surface area contributed by atoms with Gasteiger partial charge >= 0.3 is 5.97 Å². The number of rotatable bonds is 15. The van der Waals surface area contributed by atoms with Crippen molar-refractivity contribution in [2.75, 3.05) is 6.61 Å². The average molecular weight is 294 g/mol. The quantitative estimate of drug-likeness (QED) is 0.161. The summed E-state index contributed by atoms with van der Waals surface area (Å²) in [4.78, 5) is 10.8. The van der Waals surface area contributed by atoms with Gasteiger partial charge in [0.2, 0.25) is 0 Å². The van der Waals surface area contributed by atoms with Gasteiger partial charge in [0.05, 0.1) is 6.61 Å². The van der Waals surface area contributed by atoms with Crippen LogP contribution < -0.4 is 0 Å². The van der Waals surface area contributed by atoms with Gasteiger partial charge in [0.1, 0.15) is 0 Å². The zero-order chi connectivity index (χ0) is 15.6. The summed E-state index contributed by atoms with van der Waals surface area (Å²) in [7, 11) is 0. The van der Waals surface area contributed by atoms with Crippen LogP contribution in [-0.2, 0) is 9.53 Å². The second-order valence-electron chi connectivity index (χ2n) is 5.60. The molecule has 0 aliphatic carbocycles. The molecule has 0 amide bonds. The molecule has 0 aliphatic rings. The first-order chi connectivity index (χ1) is 10.3. The minimum atomic E-state index is -0.310. The summed E-state index contributed by atoms with van der Waals surface area (Å²) in [6.07, 6.45) is 21.1. The third kappa shape index (κ3) is 16.9. The fourth-order valence-corrected chi connectivity index (χ4v) is 2.23. The third-order valence-corrected chi connectivity index (χ3v) is 3.57.